The lowest BCUT2D eigenvalue weighted by Crippen LogP contribution is -2.59. The van der Waals surface area contributed by atoms with Crippen molar-refractivity contribution in [2.45, 2.75) is 91.0 Å². The summed E-state index contributed by atoms with van der Waals surface area (Å²) < 4.78 is 5.48. The standard InChI is InChI=1S/C30H43N3O4/c1-8-9-20-31-26(34)25(23-18-14-11-15-19-23)33(29(2,3)4)27(35)24(21-22-16-12-10-13-17-22)32-28(36)37-30(5,6)7/h10-19,24-25H,8-9,20-21H2,1-7H3,(H,31,34)(H,32,36). The third kappa shape index (κ3) is 9.56. The monoisotopic (exact) mass is 509 g/mol. The van der Waals surface area contributed by atoms with E-state index < -0.39 is 29.3 Å². The van der Waals surface area contributed by atoms with Gasteiger partial charge >= 0.3 is 6.09 Å². The molecule has 2 N–H and O–H groups in total. The molecule has 2 unspecified atom stereocenters. The molecule has 0 aliphatic heterocycles. The van der Waals surface area contributed by atoms with E-state index in [2.05, 4.69) is 17.6 Å². The van der Waals surface area contributed by atoms with Crippen molar-refractivity contribution < 1.29 is 19.1 Å². The Bertz CT molecular complexity index is 1010. The molecule has 7 nitrogen and oxygen atoms in total. The minimum Gasteiger partial charge on any atom is -0.444 e. The van der Waals surface area contributed by atoms with Gasteiger partial charge in [0.1, 0.15) is 17.7 Å². The number of hydrogen-bond acceptors (Lipinski definition) is 4. The zero-order valence-electron chi connectivity index (χ0n) is 23.3. The molecule has 2 atom stereocenters. The maximum atomic E-state index is 14.3. The summed E-state index contributed by atoms with van der Waals surface area (Å²) in [4.78, 5) is 42.3. The Labute approximate surface area is 222 Å². The lowest BCUT2D eigenvalue weighted by atomic mass is 9.94. The maximum Gasteiger partial charge on any atom is 0.408 e. The second-order valence-electron chi connectivity index (χ2n) is 11.2. The Kier molecular flexibility index (Phi) is 10.7. The smallest absolute Gasteiger partial charge is 0.408 e. The Morgan fingerprint density at radius 1 is 0.892 bits per heavy atom. The number of carbonyl (C=O) groups excluding carboxylic acids is 3. The average Bonchev–Trinajstić information content (AvgIpc) is 2.81. The van der Waals surface area contributed by atoms with E-state index in [1.54, 1.807) is 25.7 Å². The highest BCUT2D eigenvalue weighted by molar-refractivity contribution is 5.92. The largest absolute Gasteiger partial charge is 0.444 e. The van der Waals surface area contributed by atoms with Crippen molar-refractivity contribution >= 4 is 17.9 Å². The van der Waals surface area contributed by atoms with Gasteiger partial charge < -0.3 is 20.3 Å². The molecule has 37 heavy (non-hydrogen) atoms. The summed E-state index contributed by atoms with van der Waals surface area (Å²) in [5.41, 5.74) is 0.134. The number of ether oxygens (including phenoxy) is 1. The van der Waals surface area contributed by atoms with Gasteiger partial charge in [0, 0.05) is 18.5 Å². The molecule has 0 fully saturated rings. The molecule has 3 amide bonds. The van der Waals surface area contributed by atoms with E-state index in [0.29, 0.717) is 12.1 Å². The number of unbranched alkanes of at least 4 members (excludes halogenated alkanes) is 1. The summed E-state index contributed by atoms with van der Waals surface area (Å²) in [5, 5.41) is 5.79. The molecule has 0 aromatic heterocycles. The molecule has 0 radical (unpaired) electrons. The zero-order valence-corrected chi connectivity index (χ0v) is 23.3. The summed E-state index contributed by atoms with van der Waals surface area (Å²) in [7, 11) is 0. The van der Waals surface area contributed by atoms with Gasteiger partial charge in [0.25, 0.3) is 0 Å². The van der Waals surface area contributed by atoms with Crippen molar-refractivity contribution in [3.05, 3.63) is 71.8 Å². The minimum absolute atomic E-state index is 0.251. The first kappa shape index (κ1) is 29.9. The Hall–Kier alpha value is -3.35. The molecule has 7 heteroatoms. The van der Waals surface area contributed by atoms with Crippen molar-refractivity contribution in [1.29, 1.82) is 0 Å². The predicted molar refractivity (Wildman–Crippen MR) is 147 cm³/mol. The molecule has 0 aliphatic rings. The quantitative estimate of drug-likeness (QED) is 0.420. The number of alkyl carbamates (subject to hydrolysis) is 1. The van der Waals surface area contributed by atoms with Crippen LogP contribution in [0.4, 0.5) is 4.79 Å². The van der Waals surface area contributed by atoms with Gasteiger partial charge in [-0.05, 0) is 59.1 Å². The van der Waals surface area contributed by atoms with Crippen LogP contribution in [0, 0.1) is 0 Å². The Morgan fingerprint density at radius 3 is 1.97 bits per heavy atom. The van der Waals surface area contributed by atoms with E-state index >= 15 is 0 Å². The molecular weight excluding hydrogens is 466 g/mol. The fourth-order valence-electron chi connectivity index (χ4n) is 4.05. The van der Waals surface area contributed by atoms with Crippen molar-refractivity contribution in [2.75, 3.05) is 6.54 Å². The van der Waals surface area contributed by atoms with Gasteiger partial charge in [0.15, 0.2) is 0 Å². The van der Waals surface area contributed by atoms with Crippen molar-refractivity contribution in [1.82, 2.24) is 15.5 Å². The molecule has 2 rings (SSSR count). The van der Waals surface area contributed by atoms with Gasteiger partial charge in [-0.25, -0.2) is 4.79 Å². The van der Waals surface area contributed by atoms with Gasteiger partial charge in [-0.2, -0.15) is 0 Å². The van der Waals surface area contributed by atoms with Crippen LogP contribution in [0.3, 0.4) is 0 Å². The predicted octanol–water partition coefficient (Wildman–Crippen LogP) is 5.41. The van der Waals surface area contributed by atoms with Crippen LogP contribution in [0.5, 0.6) is 0 Å². The number of benzene rings is 2. The molecular formula is C30H43N3O4. The van der Waals surface area contributed by atoms with Crippen LogP contribution >= 0.6 is 0 Å². The molecule has 202 valence electrons. The lowest BCUT2D eigenvalue weighted by molar-refractivity contribution is -0.148. The summed E-state index contributed by atoms with van der Waals surface area (Å²) in [6.45, 7) is 13.6. The van der Waals surface area contributed by atoms with Crippen LogP contribution < -0.4 is 10.6 Å². The summed E-state index contributed by atoms with van der Waals surface area (Å²) >= 11 is 0. The van der Waals surface area contributed by atoms with E-state index in [-0.39, 0.29) is 18.2 Å². The second-order valence-corrected chi connectivity index (χ2v) is 11.2. The molecule has 0 spiro atoms. The Balaban J connectivity index is 2.52. The first-order valence-electron chi connectivity index (χ1n) is 13.0. The van der Waals surface area contributed by atoms with Crippen molar-refractivity contribution in [3.63, 3.8) is 0 Å². The van der Waals surface area contributed by atoms with Crippen LogP contribution in [-0.2, 0) is 20.7 Å². The number of hydrogen-bond donors (Lipinski definition) is 2. The van der Waals surface area contributed by atoms with Crippen LogP contribution in [-0.4, -0.2) is 46.5 Å². The number of amides is 3. The topological polar surface area (TPSA) is 87.7 Å². The van der Waals surface area contributed by atoms with E-state index in [1.807, 2.05) is 81.4 Å². The van der Waals surface area contributed by atoms with E-state index in [1.165, 1.54) is 0 Å². The van der Waals surface area contributed by atoms with Crippen LogP contribution in [0.1, 0.15) is 78.5 Å². The van der Waals surface area contributed by atoms with Gasteiger partial charge in [0.05, 0.1) is 0 Å². The van der Waals surface area contributed by atoms with E-state index in [0.717, 1.165) is 18.4 Å². The summed E-state index contributed by atoms with van der Waals surface area (Å²) in [6, 6.07) is 17.0. The number of nitrogens with one attached hydrogen (secondary N) is 2. The number of rotatable bonds is 10. The molecule has 0 saturated heterocycles. The highest BCUT2D eigenvalue weighted by Crippen LogP contribution is 2.30. The van der Waals surface area contributed by atoms with Crippen molar-refractivity contribution in [2.24, 2.45) is 0 Å². The van der Waals surface area contributed by atoms with Crippen LogP contribution in [0.15, 0.2) is 60.7 Å². The SMILES string of the molecule is CCCCNC(=O)C(c1ccccc1)N(C(=O)C(Cc1ccccc1)NC(=O)OC(C)(C)C)C(C)(C)C. The van der Waals surface area contributed by atoms with Crippen LogP contribution in [0.25, 0.3) is 0 Å². The zero-order chi connectivity index (χ0) is 27.6. The highest BCUT2D eigenvalue weighted by Gasteiger charge is 2.41. The third-order valence-corrected chi connectivity index (χ3v) is 5.68. The molecule has 0 heterocycles. The second kappa shape index (κ2) is 13.3. The summed E-state index contributed by atoms with van der Waals surface area (Å²) in [6.07, 6.45) is 1.36. The maximum absolute atomic E-state index is 14.3. The minimum atomic E-state index is -0.939. The molecule has 2 aromatic rings. The van der Waals surface area contributed by atoms with Gasteiger partial charge in [-0.15, -0.1) is 0 Å². The molecule has 0 saturated carbocycles. The fraction of sp³-hybridized carbons (Fsp3) is 0.500. The van der Waals surface area contributed by atoms with Crippen molar-refractivity contribution in [3.8, 4) is 0 Å². The van der Waals surface area contributed by atoms with E-state index in [9.17, 15) is 14.4 Å². The lowest BCUT2D eigenvalue weighted by Gasteiger charge is -2.43. The molecule has 0 bridgehead atoms. The van der Waals surface area contributed by atoms with E-state index in [4.69, 9.17) is 4.74 Å². The normalized spacial score (nSPS) is 13.3. The Morgan fingerprint density at radius 2 is 1.46 bits per heavy atom. The number of nitrogens with zero attached hydrogens (tertiary/aromatic N) is 1. The first-order chi connectivity index (χ1) is 17.3. The average molecular weight is 510 g/mol. The highest BCUT2D eigenvalue weighted by atomic mass is 16.6. The van der Waals surface area contributed by atoms with Gasteiger partial charge in [-0.3, -0.25) is 9.59 Å². The third-order valence-electron chi connectivity index (χ3n) is 5.68. The van der Waals surface area contributed by atoms with Gasteiger partial charge in [0.2, 0.25) is 11.8 Å². The molecule has 0 aliphatic carbocycles. The fourth-order valence-corrected chi connectivity index (χ4v) is 4.05. The van der Waals surface area contributed by atoms with Gasteiger partial charge in [-0.1, -0.05) is 74.0 Å². The molecule has 2 aromatic carbocycles. The first-order valence-corrected chi connectivity index (χ1v) is 13.0. The van der Waals surface area contributed by atoms with Crippen LogP contribution in [0.2, 0.25) is 0 Å². The number of carbonyl (C=O) groups is 3. The summed E-state index contributed by atoms with van der Waals surface area (Å²) in [5.74, 6) is -0.611.